The van der Waals surface area contributed by atoms with Crippen molar-refractivity contribution >= 4 is 5.91 Å². The highest BCUT2D eigenvalue weighted by Crippen LogP contribution is 2.14. The molecule has 0 aliphatic heterocycles. The van der Waals surface area contributed by atoms with E-state index < -0.39 is 16.8 Å². The van der Waals surface area contributed by atoms with E-state index in [9.17, 15) is 19.5 Å². The fourth-order valence-corrected chi connectivity index (χ4v) is 2.21. The lowest BCUT2D eigenvalue weighted by Crippen LogP contribution is -2.50. The lowest BCUT2D eigenvalue weighted by atomic mass is 9.93. The molecule has 0 atom stereocenters. The normalized spacial score (nSPS) is 11.4. The minimum Gasteiger partial charge on any atom is -0.394 e. The van der Waals surface area contributed by atoms with Gasteiger partial charge in [0, 0.05) is 17.7 Å². The van der Waals surface area contributed by atoms with Gasteiger partial charge in [0.25, 0.3) is 5.56 Å². The molecule has 1 heterocycles. The molecular formula is C14H23N3O4. The Labute approximate surface area is 122 Å². The fourth-order valence-electron chi connectivity index (χ4n) is 2.21. The van der Waals surface area contributed by atoms with E-state index in [0.717, 1.165) is 0 Å². The average Bonchev–Trinajstić information content (AvgIpc) is 2.43. The van der Waals surface area contributed by atoms with Gasteiger partial charge in [0.05, 0.1) is 12.1 Å². The zero-order chi connectivity index (χ0) is 16.0. The van der Waals surface area contributed by atoms with Crippen LogP contribution in [0.3, 0.4) is 0 Å². The minimum atomic E-state index is -0.608. The first-order valence-electron chi connectivity index (χ1n) is 7.11. The Balaban J connectivity index is 2.74. The van der Waals surface area contributed by atoms with Crippen molar-refractivity contribution < 1.29 is 9.90 Å². The Kier molecular flexibility index (Phi) is 5.90. The van der Waals surface area contributed by atoms with Crippen molar-refractivity contribution in [2.24, 2.45) is 0 Å². The van der Waals surface area contributed by atoms with Gasteiger partial charge >= 0.3 is 5.69 Å². The molecule has 4 N–H and O–H groups in total. The van der Waals surface area contributed by atoms with Crippen LogP contribution in [0.2, 0.25) is 0 Å². The number of nitrogens with one attached hydrogen (secondary N) is 3. The Morgan fingerprint density at radius 1 is 1.24 bits per heavy atom. The summed E-state index contributed by atoms with van der Waals surface area (Å²) in [6.45, 7) is 5.30. The standard InChI is InChI=1S/C14H23N3O4/c1-4-14(5-2,8-18)17-11(19)7-6-10-9(3)15-13(21)16-12(10)20/h18H,4-8H2,1-3H3,(H,17,19)(H2,15,16,20,21). The summed E-state index contributed by atoms with van der Waals surface area (Å²) in [6.07, 6.45) is 1.62. The number of hydrogen-bond donors (Lipinski definition) is 4. The maximum atomic E-state index is 12.0. The number of hydrogen-bond acceptors (Lipinski definition) is 4. The Morgan fingerprint density at radius 3 is 2.33 bits per heavy atom. The lowest BCUT2D eigenvalue weighted by molar-refractivity contribution is -0.123. The lowest BCUT2D eigenvalue weighted by Gasteiger charge is -2.30. The van der Waals surface area contributed by atoms with Crippen LogP contribution in [0.1, 0.15) is 44.4 Å². The van der Waals surface area contributed by atoms with Gasteiger partial charge in [-0.25, -0.2) is 4.79 Å². The monoisotopic (exact) mass is 297 g/mol. The second-order valence-electron chi connectivity index (χ2n) is 5.21. The van der Waals surface area contributed by atoms with E-state index in [1.807, 2.05) is 13.8 Å². The van der Waals surface area contributed by atoms with Gasteiger partial charge in [0.2, 0.25) is 5.91 Å². The molecule has 7 nitrogen and oxygen atoms in total. The zero-order valence-corrected chi connectivity index (χ0v) is 12.7. The number of H-pyrrole nitrogens is 2. The van der Waals surface area contributed by atoms with Crippen molar-refractivity contribution in [3.63, 3.8) is 0 Å². The van der Waals surface area contributed by atoms with Gasteiger partial charge in [-0.05, 0) is 26.2 Å². The Morgan fingerprint density at radius 2 is 1.86 bits per heavy atom. The number of aromatic amines is 2. The van der Waals surface area contributed by atoms with E-state index in [1.165, 1.54) is 0 Å². The molecule has 1 amide bonds. The summed E-state index contributed by atoms with van der Waals surface area (Å²) in [6, 6.07) is 0. The molecule has 0 radical (unpaired) electrons. The van der Waals surface area contributed by atoms with Crippen molar-refractivity contribution in [1.82, 2.24) is 15.3 Å². The molecule has 1 aromatic rings. The van der Waals surface area contributed by atoms with Crippen molar-refractivity contribution in [1.29, 1.82) is 0 Å². The number of aromatic nitrogens is 2. The second kappa shape index (κ2) is 7.21. The predicted molar refractivity (Wildman–Crippen MR) is 79.3 cm³/mol. The van der Waals surface area contributed by atoms with Crippen molar-refractivity contribution in [2.45, 2.75) is 52.0 Å². The van der Waals surface area contributed by atoms with Gasteiger partial charge in [0.1, 0.15) is 0 Å². The van der Waals surface area contributed by atoms with Crippen LogP contribution in [-0.4, -0.2) is 33.1 Å². The Bertz CT molecular complexity index is 591. The second-order valence-corrected chi connectivity index (χ2v) is 5.21. The zero-order valence-electron chi connectivity index (χ0n) is 12.7. The highest BCUT2D eigenvalue weighted by molar-refractivity contribution is 5.77. The van der Waals surface area contributed by atoms with E-state index in [1.54, 1.807) is 6.92 Å². The van der Waals surface area contributed by atoms with Crippen molar-refractivity contribution in [3.05, 3.63) is 32.1 Å². The largest absolute Gasteiger partial charge is 0.394 e. The minimum absolute atomic E-state index is 0.121. The van der Waals surface area contributed by atoms with E-state index >= 15 is 0 Å². The number of aryl methyl sites for hydroxylation is 1. The molecule has 1 rings (SSSR count). The van der Waals surface area contributed by atoms with Crippen LogP contribution < -0.4 is 16.6 Å². The van der Waals surface area contributed by atoms with Gasteiger partial charge in [-0.3, -0.25) is 14.6 Å². The molecular weight excluding hydrogens is 274 g/mol. The molecule has 0 aliphatic carbocycles. The molecule has 0 spiro atoms. The maximum absolute atomic E-state index is 12.0. The first-order chi connectivity index (χ1) is 9.87. The quantitative estimate of drug-likeness (QED) is 0.565. The highest BCUT2D eigenvalue weighted by atomic mass is 16.3. The molecule has 1 aromatic heterocycles. The number of aliphatic hydroxyl groups excluding tert-OH is 1. The van der Waals surface area contributed by atoms with E-state index in [4.69, 9.17) is 0 Å². The van der Waals surface area contributed by atoms with Crippen LogP contribution in [0.4, 0.5) is 0 Å². The molecule has 21 heavy (non-hydrogen) atoms. The van der Waals surface area contributed by atoms with Crippen LogP contribution in [0.25, 0.3) is 0 Å². The molecule has 0 fully saturated rings. The number of carbonyl (C=O) groups excluding carboxylic acids is 1. The van der Waals surface area contributed by atoms with Crippen LogP contribution in [0, 0.1) is 6.92 Å². The first kappa shape index (κ1) is 17.2. The average molecular weight is 297 g/mol. The highest BCUT2D eigenvalue weighted by Gasteiger charge is 2.26. The van der Waals surface area contributed by atoms with Crippen molar-refractivity contribution in [3.8, 4) is 0 Å². The molecule has 118 valence electrons. The van der Waals surface area contributed by atoms with Crippen LogP contribution >= 0.6 is 0 Å². The van der Waals surface area contributed by atoms with Crippen molar-refractivity contribution in [2.75, 3.05) is 6.61 Å². The van der Waals surface area contributed by atoms with Crippen LogP contribution in [0.15, 0.2) is 9.59 Å². The molecule has 7 heteroatoms. The third-order valence-electron chi connectivity index (χ3n) is 3.92. The molecule has 0 bridgehead atoms. The molecule has 0 unspecified atom stereocenters. The molecule has 0 aromatic carbocycles. The third kappa shape index (κ3) is 4.29. The predicted octanol–water partition coefficient (Wildman–Crippen LogP) is -0.0285. The summed E-state index contributed by atoms with van der Waals surface area (Å²) in [4.78, 5) is 39.4. The van der Waals surface area contributed by atoms with Gasteiger partial charge in [-0.15, -0.1) is 0 Å². The maximum Gasteiger partial charge on any atom is 0.325 e. The van der Waals surface area contributed by atoms with Gasteiger partial charge in [-0.1, -0.05) is 13.8 Å². The van der Waals surface area contributed by atoms with E-state index in [0.29, 0.717) is 24.1 Å². The fraction of sp³-hybridized carbons (Fsp3) is 0.643. The summed E-state index contributed by atoms with van der Waals surface area (Å²) in [5.41, 5.74) is -0.766. The number of carbonyl (C=O) groups is 1. The number of rotatable bonds is 7. The first-order valence-corrected chi connectivity index (χ1v) is 7.11. The summed E-state index contributed by atoms with van der Waals surface area (Å²) in [7, 11) is 0. The van der Waals surface area contributed by atoms with E-state index in [2.05, 4.69) is 15.3 Å². The molecule has 0 aliphatic rings. The van der Waals surface area contributed by atoms with Gasteiger partial charge < -0.3 is 15.4 Å². The van der Waals surface area contributed by atoms with Crippen LogP contribution in [-0.2, 0) is 11.2 Å². The van der Waals surface area contributed by atoms with E-state index in [-0.39, 0.29) is 25.4 Å². The topological polar surface area (TPSA) is 115 Å². The third-order valence-corrected chi connectivity index (χ3v) is 3.92. The summed E-state index contributed by atoms with van der Waals surface area (Å²) >= 11 is 0. The smallest absolute Gasteiger partial charge is 0.325 e. The number of amides is 1. The molecule has 0 saturated carbocycles. The summed E-state index contributed by atoms with van der Waals surface area (Å²) in [5, 5.41) is 12.2. The Hall–Kier alpha value is -1.89. The van der Waals surface area contributed by atoms with Gasteiger partial charge in [0.15, 0.2) is 0 Å². The van der Waals surface area contributed by atoms with Gasteiger partial charge in [-0.2, -0.15) is 0 Å². The number of aliphatic hydroxyl groups is 1. The SMILES string of the molecule is CCC(CC)(CO)NC(=O)CCc1c(C)[nH]c(=O)[nH]c1=O. The summed E-state index contributed by atoms with van der Waals surface area (Å²) in [5.74, 6) is -0.224. The summed E-state index contributed by atoms with van der Waals surface area (Å²) < 4.78 is 0. The van der Waals surface area contributed by atoms with Crippen LogP contribution in [0.5, 0.6) is 0 Å². The molecule has 0 saturated heterocycles.